The number of carbonyl (C=O) groups is 1. The number of carbonyl (C=O) groups excluding carboxylic acids is 1. The molecule has 0 N–H and O–H groups in total. The van der Waals surface area contributed by atoms with Crippen molar-refractivity contribution < 1.29 is 9.53 Å². The molecule has 116 valence electrons. The van der Waals surface area contributed by atoms with Gasteiger partial charge in [-0.3, -0.25) is 4.79 Å². The molecule has 0 spiro atoms. The number of aryl methyl sites for hydroxylation is 3. The van der Waals surface area contributed by atoms with E-state index >= 15 is 0 Å². The highest BCUT2D eigenvalue weighted by Gasteiger charge is 2.29. The summed E-state index contributed by atoms with van der Waals surface area (Å²) < 4.78 is 7.48. The largest absolute Gasteiger partial charge is 0.367 e. The maximum Gasteiger partial charge on any atom is 0.290 e. The van der Waals surface area contributed by atoms with E-state index in [1.54, 1.807) is 21.9 Å². The van der Waals surface area contributed by atoms with Crippen LogP contribution in [0.3, 0.4) is 0 Å². The van der Waals surface area contributed by atoms with Gasteiger partial charge >= 0.3 is 0 Å². The lowest BCUT2D eigenvalue weighted by atomic mass is 10.2. The summed E-state index contributed by atoms with van der Waals surface area (Å²) in [5, 5.41) is 0. The lowest BCUT2D eigenvalue weighted by molar-refractivity contribution is -0.0274. The highest BCUT2D eigenvalue weighted by molar-refractivity contribution is 5.90. The van der Waals surface area contributed by atoms with Crippen LogP contribution in [0.1, 0.15) is 33.9 Å². The van der Waals surface area contributed by atoms with E-state index in [1.807, 2.05) is 27.0 Å². The zero-order valence-corrected chi connectivity index (χ0v) is 13.0. The van der Waals surface area contributed by atoms with Gasteiger partial charge in [0.25, 0.3) is 5.91 Å². The minimum atomic E-state index is -0.295. The SMILES string of the molecule is Cc1cc(C)nc(C2CN(C(=O)c3nccn3C)CCO2)n1. The van der Waals surface area contributed by atoms with E-state index in [0.29, 0.717) is 31.3 Å². The van der Waals surface area contributed by atoms with Gasteiger partial charge < -0.3 is 14.2 Å². The number of hydrogen-bond donors (Lipinski definition) is 0. The molecule has 0 aromatic carbocycles. The van der Waals surface area contributed by atoms with Crippen LogP contribution in [0.25, 0.3) is 0 Å². The molecular formula is C15H19N5O2. The van der Waals surface area contributed by atoms with Gasteiger partial charge in [0.15, 0.2) is 11.6 Å². The molecule has 22 heavy (non-hydrogen) atoms. The Hall–Kier alpha value is -2.28. The molecular weight excluding hydrogens is 282 g/mol. The van der Waals surface area contributed by atoms with Gasteiger partial charge in [-0.2, -0.15) is 0 Å². The van der Waals surface area contributed by atoms with Crippen LogP contribution in [-0.4, -0.2) is 50.0 Å². The Morgan fingerprint density at radius 1 is 1.32 bits per heavy atom. The number of nitrogens with zero attached hydrogens (tertiary/aromatic N) is 5. The Morgan fingerprint density at radius 3 is 2.68 bits per heavy atom. The van der Waals surface area contributed by atoms with Crippen molar-refractivity contribution >= 4 is 5.91 Å². The number of rotatable bonds is 2. The summed E-state index contributed by atoms with van der Waals surface area (Å²) in [5.41, 5.74) is 1.80. The first kappa shape index (κ1) is 14.6. The number of morpholine rings is 1. The van der Waals surface area contributed by atoms with E-state index in [0.717, 1.165) is 11.4 Å². The summed E-state index contributed by atoms with van der Waals surface area (Å²) in [6.45, 7) is 5.31. The number of ether oxygens (including phenoxy) is 1. The summed E-state index contributed by atoms with van der Waals surface area (Å²) in [6, 6.07) is 1.92. The minimum absolute atomic E-state index is 0.0924. The van der Waals surface area contributed by atoms with Crippen molar-refractivity contribution in [2.45, 2.75) is 20.0 Å². The monoisotopic (exact) mass is 301 g/mol. The van der Waals surface area contributed by atoms with Crippen molar-refractivity contribution in [1.82, 2.24) is 24.4 Å². The summed E-state index contributed by atoms with van der Waals surface area (Å²) in [4.78, 5) is 27.3. The Labute approximate surface area is 129 Å². The number of amides is 1. The standard InChI is InChI=1S/C15H19N5O2/c1-10-8-11(2)18-13(17-10)12-9-20(6-7-22-12)15(21)14-16-4-5-19(14)3/h4-5,8,12H,6-7,9H2,1-3H3. The normalized spacial score (nSPS) is 18.5. The lowest BCUT2D eigenvalue weighted by Gasteiger charge is -2.32. The molecule has 2 aromatic heterocycles. The second kappa shape index (κ2) is 5.84. The molecule has 7 nitrogen and oxygen atoms in total. The fraction of sp³-hybridized carbons (Fsp3) is 0.467. The van der Waals surface area contributed by atoms with E-state index in [1.165, 1.54) is 0 Å². The molecule has 1 aliphatic heterocycles. The molecule has 1 saturated heterocycles. The number of hydrogen-bond acceptors (Lipinski definition) is 5. The Bertz CT molecular complexity index is 677. The second-order valence-electron chi connectivity index (χ2n) is 5.48. The second-order valence-corrected chi connectivity index (χ2v) is 5.48. The predicted molar refractivity (Wildman–Crippen MR) is 79.3 cm³/mol. The fourth-order valence-electron chi connectivity index (χ4n) is 2.60. The van der Waals surface area contributed by atoms with Crippen LogP contribution in [0, 0.1) is 13.8 Å². The van der Waals surface area contributed by atoms with Crippen molar-refractivity contribution in [1.29, 1.82) is 0 Å². The van der Waals surface area contributed by atoms with E-state index in [9.17, 15) is 4.79 Å². The molecule has 0 radical (unpaired) electrons. The molecule has 0 saturated carbocycles. The van der Waals surface area contributed by atoms with Crippen LogP contribution in [0.5, 0.6) is 0 Å². The van der Waals surface area contributed by atoms with Gasteiger partial charge in [0.05, 0.1) is 13.2 Å². The van der Waals surface area contributed by atoms with Crippen molar-refractivity contribution in [3.63, 3.8) is 0 Å². The molecule has 1 unspecified atom stereocenters. The van der Waals surface area contributed by atoms with Crippen LogP contribution in [0.2, 0.25) is 0 Å². The minimum Gasteiger partial charge on any atom is -0.367 e. The molecule has 1 aliphatic rings. The molecule has 1 fully saturated rings. The zero-order valence-electron chi connectivity index (χ0n) is 13.0. The van der Waals surface area contributed by atoms with E-state index in [-0.39, 0.29) is 12.0 Å². The van der Waals surface area contributed by atoms with Gasteiger partial charge in [-0.1, -0.05) is 0 Å². The first-order valence-electron chi connectivity index (χ1n) is 7.25. The summed E-state index contributed by atoms with van der Waals surface area (Å²) in [5.74, 6) is 0.974. The van der Waals surface area contributed by atoms with Gasteiger partial charge in [0.2, 0.25) is 0 Å². The third-order valence-electron chi connectivity index (χ3n) is 3.65. The van der Waals surface area contributed by atoms with Crippen LogP contribution >= 0.6 is 0 Å². The van der Waals surface area contributed by atoms with Gasteiger partial charge in [-0.15, -0.1) is 0 Å². The molecule has 2 aromatic rings. The number of aromatic nitrogens is 4. The third kappa shape index (κ3) is 2.85. The van der Waals surface area contributed by atoms with Crippen LogP contribution in [-0.2, 0) is 11.8 Å². The highest BCUT2D eigenvalue weighted by atomic mass is 16.5. The van der Waals surface area contributed by atoms with Crippen LogP contribution < -0.4 is 0 Å². The zero-order chi connectivity index (χ0) is 15.7. The molecule has 7 heteroatoms. The average molecular weight is 301 g/mol. The summed E-state index contributed by atoms with van der Waals surface area (Å²) in [7, 11) is 1.81. The highest BCUT2D eigenvalue weighted by Crippen LogP contribution is 2.21. The first-order chi connectivity index (χ1) is 10.5. The fourth-order valence-corrected chi connectivity index (χ4v) is 2.60. The van der Waals surface area contributed by atoms with Gasteiger partial charge in [-0.25, -0.2) is 15.0 Å². The van der Waals surface area contributed by atoms with Crippen molar-refractivity contribution in [3.8, 4) is 0 Å². The Kier molecular flexibility index (Phi) is 3.89. The van der Waals surface area contributed by atoms with Gasteiger partial charge in [-0.05, 0) is 19.9 Å². The average Bonchev–Trinajstić information content (AvgIpc) is 2.92. The van der Waals surface area contributed by atoms with Crippen molar-refractivity contribution in [3.05, 3.63) is 41.5 Å². The maximum absolute atomic E-state index is 12.5. The molecule has 0 bridgehead atoms. The van der Waals surface area contributed by atoms with E-state index in [2.05, 4.69) is 15.0 Å². The van der Waals surface area contributed by atoms with E-state index < -0.39 is 0 Å². The van der Waals surface area contributed by atoms with Crippen LogP contribution in [0.4, 0.5) is 0 Å². The van der Waals surface area contributed by atoms with Crippen molar-refractivity contribution in [2.24, 2.45) is 7.05 Å². The van der Waals surface area contributed by atoms with Gasteiger partial charge in [0, 0.05) is 37.4 Å². The lowest BCUT2D eigenvalue weighted by Crippen LogP contribution is -2.43. The maximum atomic E-state index is 12.5. The first-order valence-corrected chi connectivity index (χ1v) is 7.25. The van der Waals surface area contributed by atoms with Gasteiger partial charge in [0.1, 0.15) is 6.10 Å². The summed E-state index contributed by atoms with van der Waals surface area (Å²) >= 11 is 0. The van der Waals surface area contributed by atoms with Crippen molar-refractivity contribution in [2.75, 3.05) is 19.7 Å². The predicted octanol–water partition coefficient (Wildman–Crippen LogP) is 1.04. The third-order valence-corrected chi connectivity index (χ3v) is 3.65. The Balaban J connectivity index is 1.79. The smallest absolute Gasteiger partial charge is 0.290 e. The number of imidazole rings is 1. The Morgan fingerprint density at radius 2 is 2.05 bits per heavy atom. The van der Waals surface area contributed by atoms with E-state index in [4.69, 9.17) is 4.74 Å². The molecule has 3 heterocycles. The quantitative estimate of drug-likeness (QED) is 0.828. The molecule has 1 atom stereocenters. The molecule has 0 aliphatic carbocycles. The van der Waals surface area contributed by atoms with Crippen LogP contribution in [0.15, 0.2) is 18.5 Å². The topological polar surface area (TPSA) is 73.1 Å². The summed E-state index contributed by atoms with van der Waals surface area (Å²) in [6.07, 6.45) is 3.09. The molecule has 1 amide bonds. The molecule has 3 rings (SSSR count).